The van der Waals surface area contributed by atoms with E-state index in [0.29, 0.717) is 12.2 Å². The zero-order valence-electron chi connectivity index (χ0n) is 12.1. The van der Waals surface area contributed by atoms with Gasteiger partial charge in [-0.3, -0.25) is 0 Å². The third-order valence-corrected chi connectivity index (χ3v) is 3.31. The van der Waals surface area contributed by atoms with Crippen LogP contribution < -0.4 is 10.1 Å². The molecular weight excluding hydrogens is 282 g/mol. The number of ether oxygens (including phenoxy) is 1. The zero-order valence-corrected chi connectivity index (χ0v) is 12.1. The van der Waals surface area contributed by atoms with Crippen LogP contribution in [0.1, 0.15) is 5.56 Å². The summed E-state index contributed by atoms with van der Waals surface area (Å²) in [6.45, 7) is -0.801. The molecule has 2 aromatic carbocycles. The van der Waals surface area contributed by atoms with Crippen LogP contribution in [0.3, 0.4) is 0 Å². The summed E-state index contributed by atoms with van der Waals surface area (Å²) in [5.41, 5.74) is -0.279. The highest BCUT2D eigenvalue weighted by atomic mass is 16.6. The van der Waals surface area contributed by atoms with Crippen molar-refractivity contribution in [2.45, 2.75) is 12.0 Å². The minimum atomic E-state index is -1.17. The molecule has 1 amide bonds. The van der Waals surface area contributed by atoms with Crippen molar-refractivity contribution in [3.05, 3.63) is 66.2 Å². The van der Waals surface area contributed by atoms with E-state index in [1.165, 1.54) is 0 Å². The molecule has 0 atom stereocenters. The highest BCUT2D eigenvalue weighted by molar-refractivity contribution is 5.71. The lowest BCUT2D eigenvalue weighted by Crippen LogP contribution is -2.56. The van der Waals surface area contributed by atoms with Crippen LogP contribution in [-0.4, -0.2) is 35.1 Å². The van der Waals surface area contributed by atoms with Gasteiger partial charge in [0.05, 0.1) is 18.8 Å². The summed E-state index contributed by atoms with van der Waals surface area (Å²) in [6.07, 6.45) is -0.421. The van der Waals surface area contributed by atoms with E-state index in [4.69, 9.17) is 4.74 Å². The van der Waals surface area contributed by atoms with Crippen LogP contribution in [0.5, 0.6) is 5.75 Å². The first-order valence-corrected chi connectivity index (χ1v) is 6.98. The molecule has 0 saturated carbocycles. The molecular formula is C17H19NO4. The number of carbonyl (C=O) groups is 1. The van der Waals surface area contributed by atoms with Gasteiger partial charge in [0.15, 0.2) is 0 Å². The second-order valence-corrected chi connectivity index (χ2v) is 5.09. The van der Waals surface area contributed by atoms with Crippen molar-refractivity contribution < 1.29 is 19.7 Å². The summed E-state index contributed by atoms with van der Waals surface area (Å²) in [7, 11) is 0. The van der Waals surface area contributed by atoms with Crippen molar-refractivity contribution in [2.24, 2.45) is 0 Å². The van der Waals surface area contributed by atoms with Gasteiger partial charge in [-0.15, -0.1) is 0 Å². The van der Waals surface area contributed by atoms with Crippen LogP contribution in [0, 0.1) is 0 Å². The molecule has 2 aromatic rings. The second kappa shape index (κ2) is 7.59. The van der Waals surface area contributed by atoms with Gasteiger partial charge in [-0.1, -0.05) is 48.5 Å². The highest BCUT2D eigenvalue weighted by Gasteiger charge is 2.31. The Morgan fingerprint density at radius 1 is 0.955 bits per heavy atom. The van der Waals surface area contributed by atoms with E-state index < -0.39 is 24.8 Å². The van der Waals surface area contributed by atoms with Crippen LogP contribution in [-0.2, 0) is 6.42 Å². The molecule has 2 rings (SSSR count). The zero-order chi connectivity index (χ0) is 15.8. The number of amides is 1. The molecule has 0 aliphatic carbocycles. The fourth-order valence-electron chi connectivity index (χ4n) is 2.11. The molecule has 0 saturated heterocycles. The van der Waals surface area contributed by atoms with Gasteiger partial charge in [-0.05, 0) is 17.7 Å². The van der Waals surface area contributed by atoms with Crippen molar-refractivity contribution in [3.8, 4) is 5.75 Å². The van der Waals surface area contributed by atoms with Gasteiger partial charge in [0.1, 0.15) is 5.75 Å². The number of para-hydroxylation sites is 1. The molecule has 0 spiro atoms. The average Bonchev–Trinajstić information content (AvgIpc) is 2.56. The fraction of sp³-hybridized carbons (Fsp3) is 0.235. The standard InChI is InChI=1S/C17H19NO4/c19-12-17(13-20,11-14-7-3-1-4-8-14)18-16(21)22-15-9-5-2-6-10-15/h1-10,19-20H,11-13H2,(H,18,21). The van der Waals surface area contributed by atoms with Gasteiger partial charge >= 0.3 is 6.09 Å². The summed E-state index contributed by atoms with van der Waals surface area (Å²) in [4.78, 5) is 12.0. The fourth-order valence-corrected chi connectivity index (χ4v) is 2.11. The third kappa shape index (κ3) is 4.31. The number of aliphatic hydroxyl groups excluding tert-OH is 2. The topological polar surface area (TPSA) is 78.8 Å². The number of aliphatic hydroxyl groups is 2. The van der Waals surface area contributed by atoms with E-state index in [1.807, 2.05) is 36.4 Å². The predicted octanol–water partition coefficient (Wildman–Crippen LogP) is 1.74. The van der Waals surface area contributed by atoms with Crippen LogP contribution >= 0.6 is 0 Å². The SMILES string of the molecule is O=C(NC(CO)(CO)Cc1ccccc1)Oc1ccccc1. The molecule has 5 nitrogen and oxygen atoms in total. The Bertz CT molecular complexity index is 582. The minimum Gasteiger partial charge on any atom is -0.410 e. The van der Waals surface area contributed by atoms with Gasteiger partial charge in [0.25, 0.3) is 0 Å². The Hall–Kier alpha value is -2.37. The Balaban J connectivity index is 2.05. The van der Waals surface area contributed by atoms with Crippen LogP contribution in [0.2, 0.25) is 0 Å². The lowest BCUT2D eigenvalue weighted by molar-refractivity contribution is 0.0880. The Kier molecular flexibility index (Phi) is 5.52. The Morgan fingerprint density at radius 3 is 2.05 bits per heavy atom. The van der Waals surface area contributed by atoms with E-state index in [9.17, 15) is 15.0 Å². The molecule has 0 heterocycles. The van der Waals surface area contributed by atoms with E-state index in [0.717, 1.165) is 5.56 Å². The number of rotatable bonds is 6. The lowest BCUT2D eigenvalue weighted by atomic mass is 9.92. The first-order chi connectivity index (χ1) is 10.7. The van der Waals surface area contributed by atoms with Crippen LogP contribution in [0.4, 0.5) is 4.79 Å². The molecule has 0 fully saturated rings. The monoisotopic (exact) mass is 301 g/mol. The number of benzene rings is 2. The van der Waals surface area contributed by atoms with E-state index in [1.54, 1.807) is 24.3 Å². The summed E-state index contributed by atoms with van der Waals surface area (Å²) in [5, 5.41) is 21.8. The lowest BCUT2D eigenvalue weighted by Gasteiger charge is -2.30. The summed E-state index contributed by atoms with van der Waals surface area (Å²) < 4.78 is 5.14. The van der Waals surface area contributed by atoms with Gasteiger partial charge in [0.2, 0.25) is 0 Å². The van der Waals surface area contributed by atoms with Gasteiger partial charge in [-0.2, -0.15) is 0 Å². The Morgan fingerprint density at radius 2 is 1.50 bits per heavy atom. The highest BCUT2D eigenvalue weighted by Crippen LogP contribution is 2.15. The average molecular weight is 301 g/mol. The van der Waals surface area contributed by atoms with Crippen molar-refractivity contribution in [2.75, 3.05) is 13.2 Å². The van der Waals surface area contributed by atoms with Crippen molar-refractivity contribution in [1.29, 1.82) is 0 Å². The Labute approximate surface area is 129 Å². The minimum absolute atomic E-state index is 0.296. The number of carbonyl (C=O) groups excluding carboxylic acids is 1. The van der Waals surface area contributed by atoms with Crippen molar-refractivity contribution >= 4 is 6.09 Å². The number of hydrogen-bond donors (Lipinski definition) is 3. The maximum absolute atomic E-state index is 12.0. The van der Waals surface area contributed by atoms with Gasteiger partial charge < -0.3 is 20.3 Å². The molecule has 0 aliphatic rings. The number of hydrogen-bond acceptors (Lipinski definition) is 4. The molecule has 0 bridgehead atoms. The quantitative estimate of drug-likeness (QED) is 0.759. The molecule has 116 valence electrons. The van der Waals surface area contributed by atoms with E-state index in [2.05, 4.69) is 5.32 Å². The maximum Gasteiger partial charge on any atom is 0.413 e. The smallest absolute Gasteiger partial charge is 0.410 e. The summed E-state index contributed by atoms with van der Waals surface area (Å²) in [6, 6.07) is 17.9. The molecule has 0 aromatic heterocycles. The molecule has 3 N–H and O–H groups in total. The predicted molar refractivity (Wildman–Crippen MR) is 82.7 cm³/mol. The molecule has 22 heavy (non-hydrogen) atoms. The first-order valence-electron chi connectivity index (χ1n) is 6.98. The van der Waals surface area contributed by atoms with E-state index in [-0.39, 0.29) is 0 Å². The number of nitrogens with one attached hydrogen (secondary N) is 1. The first kappa shape index (κ1) is 16.0. The molecule has 0 aliphatic heterocycles. The molecule has 5 heteroatoms. The largest absolute Gasteiger partial charge is 0.413 e. The van der Waals surface area contributed by atoms with Crippen molar-refractivity contribution in [3.63, 3.8) is 0 Å². The van der Waals surface area contributed by atoms with Crippen molar-refractivity contribution in [1.82, 2.24) is 5.32 Å². The molecule has 0 radical (unpaired) electrons. The normalized spacial score (nSPS) is 11.0. The second-order valence-electron chi connectivity index (χ2n) is 5.09. The summed E-state index contributed by atoms with van der Waals surface area (Å²) in [5.74, 6) is 0.393. The van der Waals surface area contributed by atoms with Gasteiger partial charge in [0, 0.05) is 6.42 Å². The van der Waals surface area contributed by atoms with Gasteiger partial charge in [-0.25, -0.2) is 4.79 Å². The van der Waals surface area contributed by atoms with Crippen LogP contribution in [0.25, 0.3) is 0 Å². The van der Waals surface area contributed by atoms with E-state index >= 15 is 0 Å². The maximum atomic E-state index is 12.0. The third-order valence-electron chi connectivity index (χ3n) is 3.31. The summed E-state index contributed by atoms with van der Waals surface area (Å²) >= 11 is 0. The van der Waals surface area contributed by atoms with Crippen LogP contribution in [0.15, 0.2) is 60.7 Å². The molecule has 0 unspecified atom stereocenters.